The van der Waals surface area contributed by atoms with Crippen molar-refractivity contribution >= 4 is 17.4 Å². The standard InChI is InChI=1S/C22H19N5O/c1-14-12-19-24-15(2)20(22(28)25-18-6-4-3-5-7-18)21(27(19)26-14)17-10-8-16(13-23)9-11-17/h3-12,21,24H,1-2H3,(H,25,28)/t21-/m0/s1. The molecule has 0 saturated carbocycles. The zero-order valence-corrected chi connectivity index (χ0v) is 15.6. The summed E-state index contributed by atoms with van der Waals surface area (Å²) >= 11 is 0. The maximum Gasteiger partial charge on any atom is 0.255 e. The third-order valence-electron chi connectivity index (χ3n) is 4.73. The SMILES string of the molecule is CC1=C(C(=O)Nc2ccccc2)[C@H](c2ccc(C#N)cc2)n2nc(C)cc2N1. The Bertz CT molecular complexity index is 1100. The smallest absolute Gasteiger partial charge is 0.255 e. The summed E-state index contributed by atoms with van der Waals surface area (Å²) in [4.78, 5) is 13.2. The van der Waals surface area contributed by atoms with Gasteiger partial charge < -0.3 is 10.6 Å². The molecule has 2 heterocycles. The number of nitrogens with zero attached hydrogens (tertiary/aromatic N) is 3. The van der Waals surface area contributed by atoms with Gasteiger partial charge in [0.05, 0.1) is 22.9 Å². The minimum absolute atomic E-state index is 0.190. The Morgan fingerprint density at radius 3 is 2.54 bits per heavy atom. The van der Waals surface area contributed by atoms with Crippen molar-refractivity contribution in [2.45, 2.75) is 19.9 Å². The van der Waals surface area contributed by atoms with E-state index in [2.05, 4.69) is 21.8 Å². The summed E-state index contributed by atoms with van der Waals surface area (Å²) in [6, 6.07) is 20.3. The molecule has 0 spiro atoms. The van der Waals surface area contributed by atoms with E-state index in [1.54, 1.807) is 12.1 Å². The molecule has 1 aromatic heterocycles. The molecule has 1 aliphatic heterocycles. The number of hydrogen-bond donors (Lipinski definition) is 2. The number of para-hydroxylation sites is 1. The van der Waals surface area contributed by atoms with Gasteiger partial charge in [-0.1, -0.05) is 30.3 Å². The Morgan fingerprint density at radius 1 is 1.14 bits per heavy atom. The van der Waals surface area contributed by atoms with Crippen LogP contribution in [0.4, 0.5) is 11.5 Å². The van der Waals surface area contributed by atoms with Crippen LogP contribution in [-0.2, 0) is 4.79 Å². The summed E-state index contributed by atoms with van der Waals surface area (Å²) in [6.45, 7) is 3.81. The molecule has 4 rings (SSSR count). The maximum atomic E-state index is 13.2. The zero-order valence-electron chi connectivity index (χ0n) is 15.6. The van der Waals surface area contributed by atoms with E-state index >= 15 is 0 Å². The molecule has 6 heteroatoms. The molecule has 0 saturated heterocycles. The van der Waals surface area contributed by atoms with Gasteiger partial charge in [-0.25, -0.2) is 4.68 Å². The molecule has 28 heavy (non-hydrogen) atoms. The summed E-state index contributed by atoms with van der Waals surface area (Å²) in [5.41, 5.74) is 4.42. The summed E-state index contributed by atoms with van der Waals surface area (Å²) in [7, 11) is 0. The van der Waals surface area contributed by atoms with E-state index in [1.807, 2.05) is 67.1 Å². The number of carbonyl (C=O) groups excluding carboxylic acids is 1. The number of carbonyl (C=O) groups is 1. The number of aryl methyl sites for hydroxylation is 1. The van der Waals surface area contributed by atoms with E-state index in [9.17, 15) is 4.79 Å². The third-order valence-corrected chi connectivity index (χ3v) is 4.73. The number of amides is 1. The molecule has 2 N–H and O–H groups in total. The number of hydrogen-bond acceptors (Lipinski definition) is 4. The Morgan fingerprint density at radius 2 is 1.86 bits per heavy atom. The molecule has 0 aliphatic carbocycles. The number of aromatic nitrogens is 2. The van der Waals surface area contributed by atoms with Gasteiger partial charge in [-0.2, -0.15) is 10.4 Å². The van der Waals surface area contributed by atoms with Crippen molar-refractivity contribution in [2.75, 3.05) is 10.6 Å². The number of rotatable bonds is 3. The molecule has 2 aromatic carbocycles. The van der Waals surface area contributed by atoms with Crippen molar-refractivity contribution in [1.29, 1.82) is 5.26 Å². The Kier molecular flexibility index (Phi) is 4.42. The van der Waals surface area contributed by atoms with Crippen LogP contribution in [0.15, 0.2) is 71.9 Å². The van der Waals surface area contributed by atoms with Gasteiger partial charge in [0.25, 0.3) is 5.91 Å². The molecule has 0 bridgehead atoms. The van der Waals surface area contributed by atoms with Crippen LogP contribution in [0.2, 0.25) is 0 Å². The van der Waals surface area contributed by atoms with Crippen LogP contribution < -0.4 is 10.6 Å². The van der Waals surface area contributed by atoms with E-state index in [-0.39, 0.29) is 11.9 Å². The fourth-order valence-corrected chi connectivity index (χ4v) is 3.46. The second-order valence-electron chi connectivity index (χ2n) is 6.74. The first-order valence-electron chi connectivity index (χ1n) is 8.97. The Hall–Kier alpha value is -3.85. The molecule has 1 atom stereocenters. The lowest BCUT2D eigenvalue weighted by molar-refractivity contribution is -0.113. The highest BCUT2D eigenvalue weighted by Gasteiger charge is 2.33. The average molecular weight is 369 g/mol. The van der Waals surface area contributed by atoms with Crippen molar-refractivity contribution in [1.82, 2.24) is 9.78 Å². The number of nitriles is 1. The van der Waals surface area contributed by atoms with E-state index in [4.69, 9.17) is 5.26 Å². The highest BCUT2D eigenvalue weighted by Crippen LogP contribution is 2.36. The van der Waals surface area contributed by atoms with Crippen LogP contribution in [-0.4, -0.2) is 15.7 Å². The number of allylic oxidation sites excluding steroid dienone is 1. The predicted octanol–water partition coefficient (Wildman–Crippen LogP) is 3.99. The highest BCUT2D eigenvalue weighted by molar-refractivity contribution is 6.06. The van der Waals surface area contributed by atoms with Crippen LogP contribution in [0.3, 0.4) is 0 Å². The fraction of sp³-hybridized carbons (Fsp3) is 0.136. The minimum Gasteiger partial charge on any atom is -0.344 e. The van der Waals surface area contributed by atoms with E-state index in [1.165, 1.54) is 0 Å². The van der Waals surface area contributed by atoms with Crippen molar-refractivity contribution < 1.29 is 4.79 Å². The van der Waals surface area contributed by atoms with Crippen LogP contribution in [0, 0.1) is 18.3 Å². The number of fused-ring (bicyclic) bond motifs is 1. The zero-order chi connectivity index (χ0) is 19.7. The van der Waals surface area contributed by atoms with Crippen molar-refractivity contribution in [2.24, 2.45) is 0 Å². The van der Waals surface area contributed by atoms with E-state index in [0.717, 1.165) is 28.5 Å². The molecular formula is C22H19N5O. The topological polar surface area (TPSA) is 82.7 Å². The lowest BCUT2D eigenvalue weighted by Crippen LogP contribution is -2.31. The molecule has 0 fully saturated rings. The molecule has 1 amide bonds. The molecular weight excluding hydrogens is 350 g/mol. The Labute approximate surface area is 163 Å². The van der Waals surface area contributed by atoms with Gasteiger partial charge in [-0.05, 0) is 43.7 Å². The monoisotopic (exact) mass is 369 g/mol. The molecule has 3 aromatic rings. The number of benzene rings is 2. The van der Waals surface area contributed by atoms with E-state index in [0.29, 0.717) is 11.1 Å². The Balaban J connectivity index is 1.79. The van der Waals surface area contributed by atoms with Gasteiger partial charge in [0.15, 0.2) is 0 Å². The molecule has 0 radical (unpaired) electrons. The second-order valence-corrected chi connectivity index (χ2v) is 6.74. The van der Waals surface area contributed by atoms with Crippen molar-refractivity contribution in [3.63, 3.8) is 0 Å². The highest BCUT2D eigenvalue weighted by atomic mass is 16.1. The lowest BCUT2D eigenvalue weighted by Gasteiger charge is -2.29. The largest absolute Gasteiger partial charge is 0.344 e. The number of nitrogens with one attached hydrogen (secondary N) is 2. The second kappa shape index (κ2) is 7.05. The third kappa shape index (κ3) is 3.14. The maximum absolute atomic E-state index is 13.2. The van der Waals surface area contributed by atoms with E-state index < -0.39 is 0 Å². The molecule has 138 valence electrons. The first kappa shape index (κ1) is 17.6. The first-order chi connectivity index (χ1) is 13.6. The van der Waals surface area contributed by atoms with Gasteiger partial charge >= 0.3 is 0 Å². The lowest BCUT2D eigenvalue weighted by atomic mass is 9.94. The normalized spacial score (nSPS) is 15.4. The van der Waals surface area contributed by atoms with Gasteiger partial charge in [-0.15, -0.1) is 0 Å². The molecule has 1 aliphatic rings. The van der Waals surface area contributed by atoms with Gasteiger partial charge in [0, 0.05) is 17.5 Å². The van der Waals surface area contributed by atoms with Crippen LogP contribution >= 0.6 is 0 Å². The van der Waals surface area contributed by atoms with Crippen LogP contribution in [0.1, 0.15) is 29.8 Å². The first-order valence-corrected chi connectivity index (χ1v) is 8.97. The summed E-state index contributed by atoms with van der Waals surface area (Å²) in [6.07, 6.45) is 0. The summed E-state index contributed by atoms with van der Waals surface area (Å²) in [5.74, 6) is 0.644. The van der Waals surface area contributed by atoms with Crippen LogP contribution in [0.5, 0.6) is 0 Å². The predicted molar refractivity (Wildman–Crippen MR) is 108 cm³/mol. The quantitative estimate of drug-likeness (QED) is 0.731. The van der Waals surface area contributed by atoms with Gasteiger partial charge in [0.1, 0.15) is 11.9 Å². The van der Waals surface area contributed by atoms with Gasteiger partial charge in [0.2, 0.25) is 0 Å². The van der Waals surface area contributed by atoms with Crippen molar-refractivity contribution in [3.8, 4) is 6.07 Å². The average Bonchev–Trinajstić information content (AvgIpc) is 3.07. The molecule has 0 unspecified atom stereocenters. The van der Waals surface area contributed by atoms with Crippen LogP contribution in [0.25, 0.3) is 0 Å². The summed E-state index contributed by atoms with van der Waals surface area (Å²) in [5, 5.41) is 20.0. The molecule has 6 nitrogen and oxygen atoms in total. The fourth-order valence-electron chi connectivity index (χ4n) is 3.46. The summed E-state index contributed by atoms with van der Waals surface area (Å²) < 4.78 is 1.82. The number of anilines is 2. The van der Waals surface area contributed by atoms with Crippen molar-refractivity contribution in [3.05, 3.63) is 88.8 Å². The van der Waals surface area contributed by atoms with Gasteiger partial charge in [-0.3, -0.25) is 4.79 Å². The minimum atomic E-state index is -0.388.